The molecule has 7 nitrogen and oxygen atoms in total. The largest absolute Gasteiger partial charge is 0.493 e. The van der Waals surface area contributed by atoms with Crippen molar-refractivity contribution in [2.75, 3.05) is 33.3 Å². The van der Waals surface area contributed by atoms with Gasteiger partial charge in [0.05, 0.1) is 13.2 Å². The van der Waals surface area contributed by atoms with E-state index in [-0.39, 0.29) is 17.8 Å². The zero-order valence-electron chi connectivity index (χ0n) is 23.7. The fourth-order valence-corrected chi connectivity index (χ4v) is 5.93. The van der Waals surface area contributed by atoms with Crippen molar-refractivity contribution in [2.24, 2.45) is 0 Å². The summed E-state index contributed by atoms with van der Waals surface area (Å²) in [6.07, 6.45) is 0.456. The molecule has 0 bridgehead atoms. The summed E-state index contributed by atoms with van der Waals surface area (Å²) in [5.74, 6) is 1.11. The number of hydrogen-bond acceptors (Lipinski definition) is 7. The van der Waals surface area contributed by atoms with E-state index in [1.165, 1.54) is 23.3 Å². The molecule has 1 aliphatic rings. The smallest absolute Gasteiger partial charge is 0.298 e. The third-order valence-electron chi connectivity index (χ3n) is 7.53. The zero-order valence-corrected chi connectivity index (χ0v) is 24.5. The van der Waals surface area contributed by atoms with E-state index in [2.05, 4.69) is 62.8 Å². The summed E-state index contributed by atoms with van der Waals surface area (Å²) in [5, 5.41) is 0.335. The third kappa shape index (κ3) is 6.74. The molecule has 43 heavy (non-hydrogen) atoms. The first-order chi connectivity index (χ1) is 21.1. The SMILES string of the molecule is COc1ccc(C(=O)N2CCN(C(c3ccccc3)c3ccccc3)CC2)cc1Oc1nc(Cc2ccc(F)cc2)ns1. The molecule has 1 amide bonds. The van der Waals surface area contributed by atoms with Gasteiger partial charge in [-0.25, -0.2) is 4.39 Å². The molecule has 0 atom stereocenters. The van der Waals surface area contributed by atoms with E-state index in [9.17, 15) is 9.18 Å². The Morgan fingerprint density at radius 1 is 0.860 bits per heavy atom. The second-order valence-electron chi connectivity index (χ2n) is 10.3. The quantitative estimate of drug-likeness (QED) is 0.191. The van der Waals surface area contributed by atoms with Gasteiger partial charge in [-0.05, 0) is 47.0 Å². The average Bonchev–Trinajstić information content (AvgIpc) is 3.49. The van der Waals surface area contributed by atoms with E-state index in [1.54, 1.807) is 37.4 Å². The van der Waals surface area contributed by atoms with Crippen molar-refractivity contribution in [1.82, 2.24) is 19.2 Å². The molecule has 9 heteroatoms. The second-order valence-corrected chi connectivity index (χ2v) is 11.0. The van der Waals surface area contributed by atoms with E-state index in [0.717, 1.165) is 30.2 Å². The van der Waals surface area contributed by atoms with Crippen molar-refractivity contribution < 1.29 is 18.7 Å². The van der Waals surface area contributed by atoms with Crippen LogP contribution in [0.4, 0.5) is 4.39 Å². The number of aromatic nitrogens is 2. The van der Waals surface area contributed by atoms with E-state index >= 15 is 0 Å². The molecule has 6 rings (SSSR count). The lowest BCUT2D eigenvalue weighted by atomic mass is 9.96. The summed E-state index contributed by atoms with van der Waals surface area (Å²) >= 11 is 1.11. The molecule has 1 aliphatic heterocycles. The predicted molar refractivity (Wildman–Crippen MR) is 164 cm³/mol. The number of ether oxygens (including phenoxy) is 2. The van der Waals surface area contributed by atoms with Crippen LogP contribution in [0.5, 0.6) is 16.7 Å². The second kappa shape index (κ2) is 13.1. The van der Waals surface area contributed by atoms with Crippen LogP contribution in [0.3, 0.4) is 0 Å². The molecular weight excluding hydrogens is 563 g/mol. The van der Waals surface area contributed by atoms with Crippen LogP contribution in [0.15, 0.2) is 103 Å². The first kappa shape index (κ1) is 28.5. The zero-order chi connectivity index (χ0) is 29.6. The molecule has 0 N–H and O–H groups in total. The lowest BCUT2D eigenvalue weighted by Gasteiger charge is -2.39. The minimum atomic E-state index is -0.286. The van der Waals surface area contributed by atoms with Gasteiger partial charge < -0.3 is 14.4 Å². The van der Waals surface area contributed by atoms with Gasteiger partial charge in [0.1, 0.15) is 5.82 Å². The normalized spacial score (nSPS) is 13.7. The fourth-order valence-electron chi connectivity index (χ4n) is 5.37. The maximum atomic E-state index is 13.6. The fraction of sp³-hybridized carbons (Fsp3) is 0.206. The molecule has 1 aromatic heterocycles. The van der Waals surface area contributed by atoms with Gasteiger partial charge in [0, 0.05) is 49.7 Å². The Balaban J connectivity index is 1.13. The van der Waals surface area contributed by atoms with Crippen molar-refractivity contribution >= 4 is 17.4 Å². The monoisotopic (exact) mass is 594 g/mol. The van der Waals surface area contributed by atoms with Crippen molar-refractivity contribution in [3.8, 4) is 16.7 Å². The highest BCUT2D eigenvalue weighted by Gasteiger charge is 2.29. The molecule has 0 unspecified atom stereocenters. The highest BCUT2D eigenvalue weighted by molar-refractivity contribution is 7.07. The summed E-state index contributed by atoms with van der Waals surface area (Å²) in [6, 6.07) is 32.6. The molecule has 1 fully saturated rings. The van der Waals surface area contributed by atoms with Gasteiger partial charge in [-0.2, -0.15) is 9.36 Å². The number of carbonyl (C=O) groups is 1. The Kier molecular flexibility index (Phi) is 8.72. The number of nitrogens with zero attached hydrogens (tertiary/aromatic N) is 4. The number of halogens is 1. The maximum absolute atomic E-state index is 13.6. The summed E-state index contributed by atoms with van der Waals surface area (Å²) in [4.78, 5) is 22.4. The molecule has 1 saturated heterocycles. The summed E-state index contributed by atoms with van der Waals surface area (Å²) < 4.78 is 29.2. The molecular formula is C34H31FN4O3S. The summed E-state index contributed by atoms with van der Waals surface area (Å²) in [7, 11) is 1.55. The van der Waals surface area contributed by atoms with Crippen LogP contribution in [0, 0.1) is 5.82 Å². The Bertz CT molecular complexity index is 1620. The van der Waals surface area contributed by atoms with Crippen LogP contribution in [0.1, 0.15) is 38.9 Å². The van der Waals surface area contributed by atoms with E-state index < -0.39 is 0 Å². The standard InChI is InChI=1S/C34H31FN4O3S/c1-41-29-17-14-27(23-30(29)42-34-36-31(37-43-34)22-24-12-15-28(35)16-13-24)33(40)39-20-18-38(19-21-39)32(25-8-4-2-5-9-25)26-10-6-3-7-11-26/h2-17,23,32H,18-22H2,1H3. The number of hydrogen-bond donors (Lipinski definition) is 0. The van der Waals surface area contributed by atoms with Crippen molar-refractivity contribution in [3.63, 3.8) is 0 Å². The van der Waals surface area contributed by atoms with Gasteiger partial charge in [-0.1, -0.05) is 72.8 Å². The highest BCUT2D eigenvalue weighted by Crippen LogP contribution is 2.34. The van der Waals surface area contributed by atoms with Gasteiger partial charge in [0.15, 0.2) is 17.3 Å². The van der Waals surface area contributed by atoms with E-state index in [0.29, 0.717) is 47.6 Å². The number of rotatable bonds is 9. The Hall–Kier alpha value is -4.60. The van der Waals surface area contributed by atoms with Crippen LogP contribution in [-0.4, -0.2) is 58.4 Å². The Morgan fingerprint density at radius 3 is 2.14 bits per heavy atom. The van der Waals surface area contributed by atoms with Crippen molar-refractivity contribution in [1.29, 1.82) is 0 Å². The maximum Gasteiger partial charge on any atom is 0.298 e. The van der Waals surface area contributed by atoms with Gasteiger partial charge in [0.25, 0.3) is 11.1 Å². The molecule has 5 aromatic rings. The Labute approximate surface area is 254 Å². The van der Waals surface area contributed by atoms with Gasteiger partial charge in [-0.3, -0.25) is 9.69 Å². The summed E-state index contributed by atoms with van der Waals surface area (Å²) in [6.45, 7) is 2.73. The Morgan fingerprint density at radius 2 is 1.51 bits per heavy atom. The van der Waals surface area contributed by atoms with Crippen molar-refractivity contribution in [3.05, 3.63) is 137 Å². The van der Waals surface area contributed by atoms with Crippen LogP contribution in [0.2, 0.25) is 0 Å². The van der Waals surface area contributed by atoms with Gasteiger partial charge in [-0.15, -0.1) is 0 Å². The minimum absolute atomic E-state index is 0.0580. The number of amides is 1. The molecule has 0 aliphatic carbocycles. The lowest BCUT2D eigenvalue weighted by molar-refractivity contribution is 0.0597. The van der Waals surface area contributed by atoms with E-state index in [4.69, 9.17) is 9.47 Å². The highest BCUT2D eigenvalue weighted by atomic mass is 32.1. The number of benzene rings is 4. The first-order valence-corrected chi connectivity index (χ1v) is 14.9. The third-order valence-corrected chi connectivity index (χ3v) is 8.16. The van der Waals surface area contributed by atoms with E-state index in [1.807, 2.05) is 17.0 Å². The average molecular weight is 595 g/mol. The molecule has 218 valence electrons. The van der Waals surface area contributed by atoms with Gasteiger partial charge >= 0.3 is 0 Å². The lowest BCUT2D eigenvalue weighted by Crippen LogP contribution is -2.49. The van der Waals surface area contributed by atoms with Crippen LogP contribution in [0.25, 0.3) is 0 Å². The molecule has 0 radical (unpaired) electrons. The topological polar surface area (TPSA) is 67.8 Å². The molecule has 0 spiro atoms. The van der Waals surface area contributed by atoms with Crippen LogP contribution < -0.4 is 9.47 Å². The molecule has 0 saturated carbocycles. The van der Waals surface area contributed by atoms with Crippen LogP contribution in [-0.2, 0) is 6.42 Å². The predicted octanol–water partition coefficient (Wildman–Crippen LogP) is 6.62. The first-order valence-electron chi connectivity index (χ1n) is 14.1. The van der Waals surface area contributed by atoms with Crippen LogP contribution >= 0.6 is 11.5 Å². The summed E-state index contributed by atoms with van der Waals surface area (Å²) in [5.41, 5.74) is 3.89. The molecule has 2 heterocycles. The number of carbonyl (C=O) groups excluding carboxylic acids is 1. The molecule has 4 aromatic carbocycles. The number of piperazine rings is 1. The van der Waals surface area contributed by atoms with Gasteiger partial charge in [0.2, 0.25) is 0 Å². The van der Waals surface area contributed by atoms with Crippen molar-refractivity contribution in [2.45, 2.75) is 12.5 Å². The number of methoxy groups -OCH3 is 1. The minimum Gasteiger partial charge on any atom is -0.493 e.